The van der Waals surface area contributed by atoms with Gasteiger partial charge in [0.25, 0.3) is 0 Å². The van der Waals surface area contributed by atoms with Gasteiger partial charge in [0.15, 0.2) is 0 Å². The number of rotatable bonds is 7. The molecule has 3 aromatic rings. The molecule has 0 saturated carbocycles. The molecule has 4 rings (SSSR count). The van der Waals surface area contributed by atoms with E-state index in [4.69, 9.17) is 5.73 Å². The molecule has 1 aliphatic heterocycles. The van der Waals surface area contributed by atoms with Gasteiger partial charge in [0.1, 0.15) is 0 Å². The Morgan fingerprint density at radius 3 is 1.69 bits per heavy atom. The molecular weight excluding hydrogens is 354 g/mol. The lowest BCUT2D eigenvalue weighted by molar-refractivity contribution is 0.283. The summed E-state index contributed by atoms with van der Waals surface area (Å²) in [5.41, 5.74) is 16.9. The minimum Gasteiger partial charge on any atom is -0.329 e. The van der Waals surface area contributed by atoms with Gasteiger partial charge in [-0.3, -0.25) is 4.90 Å². The standard InChI is InChI=1S/C26H31N3/c1-19-23-17-29(16-15-28-14-13-27)18-24(23)20(2)26(22-11-7-4-8-12-22)25(19)21-9-5-3-6-10-21/h3-12,28H,13-18,27H2,1-2H3. The van der Waals surface area contributed by atoms with Crippen molar-refractivity contribution in [1.29, 1.82) is 0 Å². The summed E-state index contributed by atoms with van der Waals surface area (Å²) in [6.07, 6.45) is 0. The van der Waals surface area contributed by atoms with Crippen molar-refractivity contribution in [3.05, 3.63) is 82.9 Å². The van der Waals surface area contributed by atoms with Gasteiger partial charge < -0.3 is 11.1 Å². The normalized spacial score (nSPS) is 13.6. The van der Waals surface area contributed by atoms with Crippen LogP contribution in [0.5, 0.6) is 0 Å². The zero-order valence-corrected chi connectivity index (χ0v) is 17.5. The molecule has 3 aromatic carbocycles. The van der Waals surface area contributed by atoms with Crippen molar-refractivity contribution in [1.82, 2.24) is 10.2 Å². The molecule has 0 fully saturated rings. The van der Waals surface area contributed by atoms with Gasteiger partial charge in [-0.2, -0.15) is 0 Å². The minimum absolute atomic E-state index is 0.694. The average molecular weight is 386 g/mol. The molecule has 3 N–H and O–H groups in total. The maximum absolute atomic E-state index is 5.60. The molecule has 29 heavy (non-hydrogen) atoms. The van der Waals surface area contributed by atoms with E-state index in [1.807, 2.05) is 0 Å². The van der Waals surface area contributed by atoms with Crippen molar-refractivity contribution in [2.45, 2.75) is 26.9 Å². The zero-order valence-electron chi connectivity index (χ0n) is 17.5. The molecule has 0 atom stereocenters. The predicted octanol–water partition coefficient (Wildman–Crippen LogP) is 4.50. The Balaban J connectivity index is 1.78. The van der Waals surface area contributed by atoms with Gasteiger partial charge in [0, 0.05) is 39.3 Å². The first-order valence-corrected chi connectivity index (χ1v) is 10.6. The number of benzene rings is 3. The predicted molar refractivity (Wildman–Crippen MR) is 123 cm³/mol. The first kappa shape index (κ1) is 19.8. The van der Waals surface area contributed by atoms with E-state index in [-0.39, 0.29) is 0 Å². The summed E-state index contributed by atoms with van der Waals surface area (Å²) in [7, 11) is 0. The molecule has 0 unspecified atom stereocenters. The smallest absolute Gasteiger partial charge is 0.0244 e. The molecule has 0 spiro atoms. The fraction of sp³-hybridized carbons (Fsp3) is 0.308. The van der Waals surface area contributed by atoms with Crippen LogP contribution in [0.4, 0.5) is 0 Å². The second kappa shape index (κ2) is 8.91. The topological polar surface area (TPSA) is 41.3 Å². The van der Waals surface area contributed by atoms with Gasteiger partial charge in [0.2, 0.25) is 0 Å². The molecular formula is C26H31N3. The number of nitrogens with zero attached hydrogens (tertiary/aromatic N) is 1. The Morgan fingerprint density at radius 1 is 0.759 bits per heavy atom. The van der Waals surface area contributed by atoms with Gasteiger partial charge in [-0.15, -0.1) is 0 Å². The van der Waals surface area contributed by atoms with Crippen LogP contribution in [-0.2, 0) is 13.1 Å². The van der Waals surface area contributed by atoms with Crippen LogP contribution < -0.4 is 11.1 Å². The van der Waals surface area contributed by atoms with Crippen LogP contribution in [0.1, 0.15) is 22.3 Å². The Morgan fingerprint density at radius 2 is 1.24 bits per heavy atom. The highest BCUT2D eigenvalue weighted by atomic mass is 15.2. The fourth-order valence-electron chi connectivity index (χ4n) is 4.61. The summed E-state index contributed by atoms with van der Waals surface area (Å²) >= 11 is 0. The number of fused-ring (bicyclic) bond motifs is 1. The lowest BCUT2D eigenvalue weighted by atomic mass is 9.83. The molecule has 3 nitrogen and oxygen atoms in total. The Labute approximate surface area is 174 Å². The summed E-state index contributed by atoms with van der Waals surface area (Å²) in [5.74, 6) is 0. The van der Waals surface area contributed by atoms with Gasteiger partial charge in [-0.25, -0.2) is 0 Å². The molecule has 3 heteroatoms. The van der Waals surface area contributed by atoms with Gasteiger partial charge >= 0.3 is 0 Å². The van der Waals surface area contributed by atoms with E-state index < -0.39 is 0 Å². The van der Waals surface area contributed by atoms with Gasteiger partial charge in [0.05, 0.1) is 0 Å². The highest BCUT2D eigenvalue weighted by molar-refractivity contribution is 5.89. The Bertz CT molecular complexity index is 890. The quantitative estimate of drug-likeness (QED) is 0.588. The van der Waals surface area contributed by atoms with Crippen LogP contribution in [0.15, 0.2) is 60.7 Å². The molecule has 1 aliphatic rings. The maximum atomic E-state index is 5.60. The van der Waals surface area contributed by atoms with E-state index in [1.54, 1.807) is 0 Å². The van der Waals surface area contributed by atoms with Gasteiger partial charge in [-0.05, 0) is 58.4 Å². The summed E-state index contributed by atoms with van der Waals surface area (Å²) in [4.78, 5) is 2.55. The van der Waals surface area contributed by atoms with E-state index in [1.165, 1.54) is 44.5 Å². The number of hydrogen-bond acceptors (Lipinski definition) is 3. The number of nitrogens with one attached hydrogen (secondary N) is 1. The second-order valence-corrected chi connectivity index (χ2v) is 7.94. The van der Waals surface area contributed by atoms with E-state index >= 15 is 0 Å². The van der Waals surface area contributed by atoms with Crippen molar-refractivity contribution in [3.8, 4) is 22.3 Å². The second-order valence-electron chi connectivity index (χ2n) is 7.94. The lowest BCUT2D eigenvalue weighted by Gasteiger charge is -2.21. The van der Waals surface area contributed by atoms with Crippen molar-refractivity contribution in [2.75, 3.05) is 26.2 Å². The van der Waals surface area contributed by atoms with E-state index in [0.717, 1.165) is 32.7 Å². The van der Waals surface area contributed by atoms with E-state index in [9.17, 15) is 0 Å². The minimum atomic E-state index is 0.694. The van der Waals surface area contributed by atoms with Crippen LogP contribution in [0.2, 0.25) is 0 Å². The maximum Gasteiger partial charge on any atom is 0.0244 e. The Hall–Kier alpha value is -2.46. The number of hydrogen-bond donors (Lipinski definition) is 2. The Kier molecular flexibility index (Phi) is 6.10. The fourth-order valence-corrected chi connectivity index (χ4v) is 4.61. The molecule has 150 valence electrons. The van der Waals surface area contributed by atoms with Crippen molar-refractivity contribution < 1.29 is 0 Å². The van der Waals surface area contributed by atoms with E-state index in [0.29, 0.717) is 6.54 Å². The highest BCUT2D eigenvalue weighted by Gasteiger charge is 2.27. The van der Waals surface area contributed by atoms with Crippen LogP contribution in [0.25, 0.3) is 22.3 Å². The monoisotopic (exact) mass is 385 g/mol. The molecule has 1 heterocycles. The first-order chi connectivity index (χ1) is 14.2. The summed E-state index contributed by atoms with van der Waals surface area (Å²) in [5, 5.41) is 3.43. The summed E-state index contributed by atoms with van der Waals surface area (Å²) in [6.45, 7) is 10.3. The lowest BCUT2D eigenvalue weighted by Crippen LogP contribution is -2.31. The van der Waals surface area contributed by atoms with Crippen LogP contribution in [-0.4, -0.2) is 31.1 Å². The third-order valence-corrected chi connectivity index (χ3v) is 6.08. The molecule has 0 aromatic heterocycles. The SMILES string of the molecule is Cc1c2c(c(C)c(-c3ccccc3)c1-c1ccccc1)CN(CCNCCN)C2. The summed E-state index contributed by atoms with van der Waals surface area (Å²) < 4.78 is 0. The summed E-state index contributed by atoms with van der Waals surface area (Å²) in [6, 6.07) is 21.7. The van der Waals surface area contributed by atoms with Gasteiger partial charge in [-0.1, -0.05) is 60.7 Å². The highest BCUT2D eigenvalue weighted by Crippen LogP contribution is 2.43. The van der Waals surface area contributed by atoms with Crippen molar-refractivity contribution in [3.63, 3.8) is 0 Å². The zero-order chi connectivity index (χ0) is 20.2. The first-order valence-electron chi connectivity index (χ1n) is 10.6. The molecule has 0 amide bonds. The van der Waals surface area contributed by atoms with Crippen molar-refractivity contribution >= 4 is 0 Å². The van der Waals surface area contributed by atoms with Crippen molar-refractivity contribution in [2.24, 2.45) is 5.73 Å². The van der Waals surface area contributed by atoms with Crippen LogP contribution >= 0.6 is 0 Å². The molecule has 0 bridgehead atoms. The molecule has 0 aliphatic carbocycles. The van der Waals surface area contributed by atoms with Crippen LogP contribution in [0, 0.1) is 13.8 Å². The third kappa shape index (κ3) is 3.99. The van der Waals surface area contributed by atoms with E-state index in [2.05, 4.69) is 84.7 Å². The molecule has 0 saturated heterocycles. The number of nitrogens with two attached hydrogens (primary N) is 1. The van der Waals surface area contributed by atoms with Crippen LogP contribution in [0.3, 0.4) is 0 Å². The molecule has 0 radical (unpaired) electrons. The third-order valence-electron chi connectivity index (χ3n) is 6.08. The average Bonchev–Trinajstić information content (AvgIpc) is 3.20. The largest absolute Gasteiger partial charge is 0.329 e.